The van der Waals surface area contributed by atoms with Gasteiger partial charge in [0.2, 0.25) is 5.82 Å². The second-order valence-corrected chi connectivity index (χ2v) is 11.9. The van der Waals surface area contributed by atoms with E-state index in [0.717, 1.165) is 70.7 Å². The summed E-state index contributed by atoms with van der Waals surface area (Å²) in [5.74, 6) is 1.38. The van der Waals surface area contributed by atoms with E-state index in [2.05, 4.69) is 81.4 Å². The van der Waals surface area contributed by atoms with Crippen molar-refractivity contribution >= 4 is 11.6 Å². The van der Waals surface area contributed by atoms with Gasteiger partial charge in [0.25, 0.3) is 5.91 Å². The molecule has 0 bridgehead atoms. The third-order valence-electron chi connectivity index (χ3n) is 9.30. The lowest BCUT2D eigenvalue weighted by Gasteiger charge is -2.39. The van der Waals surface area contributed by atoms with Crippen LogP contribution in [-0.4, -0.2) is 43.7 Å². The molecule has 2 N–H and O–H groups in total. The summed E-state index contributed by atoms with van der Waals surface area (Å²) in [6.45, 7) is 2.74. The number of unbranched alkanes of at least 4 members (excludes halogenated alkanes) is 1. The van der Waals surface area contributed by atoms with Gasteiger partial charge in [0.15, 0.2) is 0 Å². The molecule has 1 aliphatic carbocycles. The van der Waals surface area contributed by atoms with Crippen molar-refractivity contribution in [3.05, 3.63) is 83.4 Å². The zero-order chi connectivity index (χ0) is 28.5. The van der Waals surface area contributed by atoms with Crippen LogP contribution in [0.2, 0.25) is 0 Å². The molecule has 3 heterocycles. The SMILES string of the molecule is CCCCC1Nc2ccc(C3CCC4CCCC4O3)cc2C(=O)N1Cc1ccc(-c2ccccc2-c2nn[nH]n2)cc1. The Balaban J connectivity index is 1.13. The maximum atomic E-state index is 14.1. The van der Waals surface area contributed by atoms with Gasteiger partial charge >= 0.3 is 0 Å². The summed E-state index contributed by atoms with van der Waals surface area (Å²) in [5.41, 5.74) is 6.94. The van der Waals surface area contributed by atoms with Crippen molar-refractivity contribution in [1.29, 1.82) is 0 Å². The lowest BCUT2D eigenvalue weighted by molar-refractivity contribution is -0.0719. The molecule has 4 atom stereocenters. The second kappa shape index (κ2) is 11.7. The van der Waals surface area contributed by atoms with Crippen LogP contribution >= 0.6 is 0 Å². The Morgan fingerprint density at radius 2 is 1.81 bits per heavy atom. The second-order valence-electron chi connectivity index (χ2n) is 11.9. The highest BCUT2D eigenvalue weighted by atomic mass is 16.5. The van der Waals surface area contributed by atoms with Crippen LogP contribution < -0.4 is 5.32 Å². The van der Waals surface area contributed by atoms with Crippen LogP contribution in [-0.2, 0) is 11.3 Å². The van der Waals surface area contributed by atoms with Crippen LogP contribution in [0.3, 0.4) is 0 Å². The molecule has 42 heavy (non-hydrogen) atoms. The molecule has 3 aromatic carbocycles. The zero-order valence-electron chi connectivity index (χ0n) is 24.1. The Kier molecular flexibility index (Phi) is 7.46. The van der Waals surface area contributed by atoms with Crippen molar-refractivity contribution < 1.29 is 9.53 Å². The number of aromatic nitrogens is 4. The number of nitrogens with one attached hydrogen (secondary N) is 2. The first-order valence-corrected chi connectivity index (χ1v) is 15.5. The zero-order valence-corrected chi connectivity index (χ0v) is 24.1. The van der Waals surface area contributed by atoms with Gasteiger partial charge in [-0.1, -0.05) is 74.4 Å². The Labute approximate surface area is 246 Å². The highest BCUT2D eigenvalue weighted by Gasteiger charge is 2.37. The van der Waals surface area contributed by atoms with E-state index in [4.69, 9.17) is 4.74 Å². The molecular weight excluding hydrogens is 524 g/mol. The van der Waals surface area contributed by atoms with Crippen LogP contribution in [0.4, 0.5) is 5.69 Å². The van der Waals surface area contributed by atoms with E-state index in [9.17, 15) is 4.79 Å². The smallest absolute Gasteiger partial charge is 0.257 e. The molecule has 2 aliphatic heterocycles. The fourth-order valence-electron chi connectivity index (χ4n) is 7.02. The Morgan fingerprint density at radius 1 is 0.952 bits per heavy atom. The highest BCUT2D eigenvalue weighted by Crippen LogP contribution is 2.43. The number of benzene rings is 3. The lowest BCUT2D eigenvalue weighted by atomic mass is 9.90. The van der Waals surface area contributed by atoms with Gasteiger partial charge in [-0.25, -0.2) is 0 Å². The summed E-state index contributed by atoms with van der Waals surface area (Å²) in [4.78, 5) is 16.1. The van der Waals surface area contributed by atoms with Crippen LogP contribution in [0.5, 0.6) is 0 Å². The van der Waals surface area contributed by atoms with Gasteiger partial charge in [-0.15, -0.1) is 10.2 Å². The quantitative estimate of drug-likeness (QED) is 0.237. The van der Waals surface area contributed by atoms with Crippen molar-refractivity contribution in [2.24, 2.45) is 5.92 Å². The van der Waals surface area contributed by atoms with Gasteiger partial charge in [0.05, 0.1) is 17.8 Å². The summed E-state index contributed by atoms with van der Waals surface area (Å²) in [5, 5.41) is 18.3. The maximum absolute atomic E-state index is 14.1. The van der Waals surface area contributed by atoms with Gasteiger partial charge in [-0.3, -0.25) is 4.79 Å². The molecule has 8 nitrogen and oxygen atoms in total. The largest absolute Gasteiger partial charge is 0.370 e. The van der Waals surface area contributed by atoms with E-state index in [1.165, 1.54) is 25.7 Å². The molecule has 1 aromatic heterocycles. The first-order chi connectivity index (χ1) is 20.7. The molecule has 0 spiro atoms. The number of ether oxygens (including phenoxy) is 1. The molecule has 0 radical (unpaired) electrons. The fourth-order valence-corrected chi connectivity index (χ4v) is 7.02. The van der Waals surface area contributed by atoms with Gasteiger partial charge < -0.3 is 15.0 Å². The number of hydrogen-bond acceptors (Lipinski definition) is 6. The van der Waals surface area contributed by atoms with Crippen LogP contribution in [0.1, 0.15) is 85.9 Å². The molecule has 1 saturated carbocycles. The molecule has 3 aliphatic rings. The van der Waals surface area contributed by atoms with E-state index in [1.807, 2.05) is 23.1 Å². The number of hydrogen-bond donors (Lipinski definition) is 2. The normalized spacial score (nSPS) is 23.4. The number of anilines is 1. The van der Waals surface area contributed by atoms with Gasteiger partial charge in [-0.2, -0.15) is 5.21 Å². The number of carbonyl (C=O) groups is 1. The number of carbonyl (C=O) groups excluding carboxylic acids is 1. The Morgan fingerprint density at radius 3 is 2.62 bits per heavy atom. The van der Waals surface area contributed by atoms with Gasteiger partial charge in [0, 0.05) is 17.8 Å². The van der Waals surface area contributed by atoms with Crippen LogP contribution in [0, 0.1) is 5.92 Å². The molecule has 216 valence electrons. The number of nitrogens with zero attached hydrogens (tertiary/aromatic N) is 4. The summed E-state index contributed by atoms with van der Waals surface area (Å²) in [6.07, 6.45) is 9.46. The minimum absolute atomic E-state index is 0.0420. The minimum Gasteiger partial charge on any atom is -0.370 e. The molecule has 7 rings (SSSR count). The van der Waals surface area contributed by atoms with Crippen molar-refractivity contribution in [3.8, 4) is 22.5 Å². The standard InChI is InChI=1S/C34H38N6O2/c1-2-3-11-32-35-29-18-16-25(31-19-17-24-7-6-10-30(24)42-31)20-28(29)34(41)40(32)21-22-12-14-23(15-13-22)26-8-4-5-9-27(26)33-36-38-39-37-33/h4-5,8-9,12-16,18,20,24,30-32,35H,2-3,6-7,10-11,17,19,21H2,1H3,(H,36,37,38,39). The Hall–Kier alpha value is -4.04. The van der Waals surface area contributed by atoms with Gasteiger partial charge in [-0.05, 0) is 84.0 Å². The van der Waals surface area contributed by atoms with E-state index in [1.54, 1.807) is 0 Å². The lowest BCUT2D eigenvalue weighted by Crippen LogP contribution is -2.48. The topological polar surface area (TPSA) is 96.0 Å². The van der Waals surface area contributed by atoms with Crippen LogP contribution in [0.15, 0.2) is 66.7 Å². The molecule has 1 amide bonds. The molecule has 4 unspecified atom stereocenters. The van der Waals surface area contributed by atoms with Gasteiger partial charge in [0.1, 0.15) is 6.17 Å². The number of rotatable bonds is 8. The third-order valence-corrected chi connectivity index (χ3v) is 9.30. The summed E-state index contributed by atoms with van der Waals surface area (Å²) >= 11 is 0. The first-order valence-electron chi connectivity index (χ1n) is 15.5. The van der Waals surface area contributed by atoms with Crippen molar-refractivity contribution in [3.63, 3.8) is 0 Å². The maximum Gasteiger partial charge on any atom is 0.257 e. The number of amides is 1. The number of tetrazole rings is 1. The summed E-state index contributed by atoms with van der Waals surface area (Å²) in [6, 6.07) is 22.9. The average Bonchev–Trinajstić information content (AvgIpc) is 3.74. The Bertz CT molecular complexity index is 1540. The summed E-state index contributed by atoms with van der Waals surface area (Å²) in [7, 11) is 0. The van der Waals surface area contributed by atoms with E-state index in [-0.39, 0.29) is 18.2 Å². The molecular formula is C34H38N6O2. The average molecular weight is 563 g/mol. The fraction of sp³-hybridized carbons (Fsp3) is 0.412. The van der Waals surface area contributed by atoms with E-state index >= 15 is 0 Å². The monoisotopic (exact) mass is 562 g/mol. The number of aromatic amines is 1. The van der Waals surface area contributed by atoms with E-state index in [0.29, 0.717) is 18.5 Å². The molecule has 1 saturated heterocycles. The third kappa shape index (κ3) is 5.20. The van der Waals surface area contributed by atoms with Crippen molar-refractivity contribution in [2.45, 2.75) is 83.2 Å². The molecule has 4 aromatic rings. The van der Waals surface area contributed by atoms with E-state index < -0.39 is 0 Å². The number of H-pyrrole nitrogens is 1. The highest BCUT2D eigenvalue weighted by molar-refractivity contribution is 6.01. The molecule has 8 heteroatoms. The molecule has 2 fully saturated rings. The predicted octanol–water partition coefficient (Wildman–Crippen LogP) is 7.14. The minimum atomic E-state index is -0.0420. The van der Waals surface area contributed by atoms with Crippen LogP contribution in [0.25, 0.3) is 22.5 Å². The first kappa shape index (κ1) is 26.8. The number of fused-ring (bicyclic) bond motifs is 2. The van der Waals surface area contributed by atoms with Crippen molar-refractivity contribution in [1.82, 2.24) is 25.5 Å². The van der Waals surface area contributed by atoms with Crippen molar-refractivity contribution in [2.75, 3.05) is 5.32 Å². The summed E-state index contributed by atoms with van der Waals surface area (Å²) < 4.78 is 6.54. The predicted molar refractivity (Wildman–Crippen MR) is 162 cm³/mol.